The molecule has 3 nitrogen and oxygen atoms in total. The second-order valence-electron chi connectivity index (χ2n) is 10.6. The zero-order valence-corrected chi connectivity index (χ0v) is 20.2. The SMILES string of the molecule is Cc1cc(C)c2c(c1)C(C(C)(C)CC(C)(C)C)c1cc(C)cc(C)c1O[P+](=O)O2. The Balaban J connectivity index is 2.39. The summed E-state index contributed by atoms with van der Waals surface area (Å²) < 4.78 is 24.5. The number of aryl methyl sites for hydroxylation is 4. The van der Waals surface area contributed by atoms with E-state index in [1.165, 1.54) is 11.1 Å². The molecule has 0 aliphatic carbocycles. The molecular formula is C25H34O3P+. The zero-order valence-electron chi connectivity index (χ0n) is 19.3. The summed E-state index contributed by atoms with van der Waals surface area (Å²) in [5.41, 5.74) is 6.67. The molecule has 1 aliphatic heterocycles. The predicted molar refractivity (Wildman–Crippen MR) is 120 cm³/mol. The first-order valence-electron chi connectivity index (χ1n) is 10.3. The highest BCUT2D eigenvalue weighted by Crippen LogP contribution is 2.56. The fourth-order valence-corrected chi connectivity index (χ4v) is 6.13. The van der Waals surface area contributed by atoms with Crippen LogP contribution in [0.4, 0.5) is 0 Å². The molecule has 3 rings (SSSR count). The zero-order chi connectivity index (χ0) is 21.7. The third-order valence-corrected chi connectivity index (χ3v) is 6.28. The average Bonchev–Trinajstić information content (AvgIpc) is 2.50. The Hall–Kier alpha value is -1.86. The highest BCUT2D eigenvalue weighted by molar-refractivity contribution is 7.34. The molecule has 0 radical (unpaired) electrons. The second kappa shape index (κ2) is 7.43. The Morgan fingerprint density at radius 1 is 0.793 bits per heavy atom. The lowest BCUT2D eigenvalue weighted by Gasteiger charge is -2.41. The topological polar surface area (TPSA) is 35.5 Å². The lowest BCUT2D eigenvalue weighted by molar-refractivity contribution is 0.186. The standard InChI is InChI=1S/C25H34O3P/c1-15-10-17(3)22-19(12-15)21(25(8,9)14-24(5,6)7)20-13-16(2)11-18(4)23(20)28-29(26)27-22/h10-13,21H,14H2,1-9H3/q+1. The fraction of sp³-hybridized carbons (Fsp3) is 0.520. The van der Waals surface area contributed by atoms with Gasteiger partial charge in [0.2, 0.25) is 0 Å². The maximum atomic E-state index is 12.7. The molecule has 0 spiro atoms. The summed E-state index contributed by atoms with van der Waals surface area (Å²) in [5, 5.41) is 0. The maximum Gasteiger partial charge on any atom is 0.805 e. The van der Waals surface area contributed by atoms with Crippen molar-refractivity contribution >= 4 is 8.25 Å². The minimum Gasteiger partial charge on any atom is -0.222 e. The molecule has 0 fully saturated rings. The summed E-state index contributed by atoms with van der Waals surface area (Å²) in [6.07, 6.45) is 1.02. The number of rotatable bonds is 2. The lowest BCUT2D eigenvalue weighted by Crippen LogP contribution is -2.30. The Bertz CT molecular complexity index is 904. The van der Waals surface area contributed by atoms with Crippen molar-refractivity contribution in [2.75, 3.05) is 0 Å². The summed E-state index contributed by atoms with van der Waals surface area (Å²) in [4.78, 5) is 0. The Morgan fingerprint density at radius 3 is 1.59 bits per heavy atom. The first-order chi connectivity index (χ1) is 13.3. The van der Waals surface area contributed by atoms with Crippen molar-refractivity contribution in [3.63, 3.8) is 0 Å². The van der Waals surface area contributed by atoms with Gasteiger partial charge in [0.15, 0.2) is 11.5 Å². The summed E-state index contributed by atoms with van der Waals surface area (Å²) >= 11 is 0. The van der Waals surface area contributed by atoms with Crippen LogP contribution in [0.15, 0.2) is 24.3 Å². The van der Waals surface area contributed by atoms with Crippen LogP contribution >= 0.6 is 8.25 Å². The summed E-state index contributed by atoms with van der Waals surface area (Å²) in [6, 6.07) is 8.57. The van der Waals surface area contributed by atoms with E-state index in [9.17, 15) is 4.57 Å². The van der Waals surface area contributed by atoms with E-state index in [1.54, 1.807) is 0 Å². The van der Waals surface area contributed by atoms with Crippen molar-refractivity contribution in [2.45, 2.75) is 74.7 Å². The van der Waals surface area contributed by atoms with Gasteiger partial charge in [-0.2, -0.15) is 0 Å². The van der Waals surface area contributed by atoms with Gasteiger partial charge in [-0.1, -0.05) is 70.0 Å². The average molecular weight is 414 g/mol. The highest BCUT2D eigenvalue weighted by Gasteiger charge is 2.44. The molecular weight excluding hydrogens is 379 g/mol. The van der Waals surface area contributed by atoms with Crippen LogP contribution in [0, 0.1) is 38.5 Å². The molecule has 0 unspecified atom stereocenters. The van der Waals surface area contributed by atoms with Gasteiger partial charge in [-0.15, -0.1) is 0 Å². The van der Waals surface area contributed by atoms with Gasteiger partial charge in [-0.25, -0.2) is 9.05 Å². The number of fused-ring (bicyclic) bond motifs is 2. The molecule has 1 heterocycles. The molecule has 0 aromatic heterocycles. The molecule has 0 N–H and O–H groups in total. The molecule has 0 saturated carbocycles. The normalized spacial score (nSPS) is 18.1. The van der Waals surface area contributed by atoms with Crippen LogP contribution in [0.1, 0.15) is 80.3 Å². The van der Waals surface area contributed by atoms with Crippen LogP contribution in [0.2, 0.25) is 0 Å². The fourth-order valence-electron chi connectivity index (χ4n) is 5.30. The number of benzene rings is 2. The highest BCUT2D eigenvalue weighted by atomic mass is 31.1. The van der Waals surface area contributed by atoms with Crippen molar-refractivity contribution in [1.29, 1.82) is 0 Å². The Kier molecular flexibility index (Phi) is 5.60. The summed E-state index contributed by atoms with van der Waals surface area (Å²) in [6.45, 7) is 19.8. The van der Waals surface area contributed by atoms with Gasteiger partial charge < -0.3 is 0 Å². The van der Waals surface area contributed by atoms with Crippen molar-refractivity contribution in [3.05, 3.63) is 57.6 Å². The first kappa shape index (κ1) is 21.8. The first-order valence-corrected chi connectivity index (χ1v) is 11.4. The van der Waals surface area contributed by atoms with E-state index in [4.69, 9.17) is 9.05 Å². The predicted octanol–water partition coefficient (Wildman–Crippen LogP) is 7.94. The summed E-state index contributed by atoms with van der Waals surface area (Å²) in [7, 11) is -2.29. The molecule has 0 bridgehead atoms. The maximum absolute atomic E-state index is 12.7. The quantitative estimate of drug-likeness (QED) is 0.469. The van der Waals surface area contributed by atoms with Gasteiger partial charge in [0.1, 0.15) is 0 Å². The Labute approximate surface area is 176 Å². The van der Waals surface area contributed by atoms with Crippen molar-refractivity contribution in [2.24, 2.45) is 10.8 Å². The molecule has 0 amide bonds. The van der Waals surface area contributed by atoms with Gasteiger partial charge in [-0.05, 0) is 56.1 Å². The minimum absolute atomic E-state index is 0.0626. The van der Waals surface area contributed by atoms with E-state index >= 15 is 0 Å². The second-order valence-corrected chi connectivity index (χ2v) is 11.4. The van der Waals surface area contributed by atoms with Crippen molar-refractivity contribution in [3.8, 4) is 11.5 Å². The molecule has 2 aromatic carbocycles. The lowest BCUT2D eigenvalue weighted by atomic mass is 9.64. The molecule has 156 valence electrons. The molecule has 2 aromatic rings. The van der Waals surface area contributed by atoms with Crippen LogP contribution in [0.3, 0.4) is 0 Å². The third kappa shape index (κ3) is 4.51. The monoisotopic (exact) mass is 413 g/mol. The van der Waals surface area contributed by atoms with E-state index in [0.717, 1.165) is 28.7 Å². The van der Waals surface area contributed by atoms with Crippen molar-refractivity contribution < 1.29 is 13.6 Å². The van der Waals surface area contributed by atoms with Gasteiger partial charge in [0.25, 0.3) is 0 Å². The Morgan fingerprint density at radius 2 is 1.21 bits per heavy atom. The smallest absolute Gasteiger partial charge is 0.222 e. The van der Waals surface area contributed by atoms with E-state index < -0.39 is 8.25 Å². The molecule has 1 aliphatic rings. The van der Waals surface area contributed by atoms with E-state index in [1.807, 2.05) is 13.8 Å². The van der Waals surface area contributed by atoms with Crippen LogP contribution in [-0.2, 0) is 4.57 Å². The van der Waals surface area contributed by atoms with Crippen molar-refractivity contribution in [1.82, 2.24) is 0 Å². The number of hydrogen-bond donors (Lipinski definition) is 0. The van der Waals surface area contributed by atoms with Crippen LogP contribution in [-0.4, -0.2) is 0 Å². The van der Waals surface area contributed by atoms with Gasteiger partial charge >= 0.3 is 8.25 Å². The van der Waals surface area contributed by atoms with E-state index in [-0.39, 0.29) is 16.7 Å². The van der Waals surface area contributed by atoms with E-state index in [0.29, 0.717) is 11.5 Å². The summed E-state index contributed by atoms with van der Waals surface area (Å²) in [5.74, 6) is 1.47. The van der Waals surface area contributed by atoms with Crippen LogP contribution in [0.5, 0.6) is 11.5 Å². The molecule has 0 atom stereocenters. The number of hydrogen-bond acceptors (Lipinski definition) is 3. The molecule has 29 heavy (non-hydrogen) atoms. The molecule has 4 heteroatoms. The molecule has 0 saturated heterocycles. The van der Waals surface area contributed by atoms with Gasteiger partial charge in [0, 0.05) is 21.6 Å². The van der Waals surface area contributed by atoms with Crippen LogP contribution in [0.25, 0.3) is 0 Å². The third-order valence-electron chi connectivity index (χ3n) is 5.62. The van der Waals surface area contributed by atoms with E-state index in [2.05, 4.69) is 72.7 Å². The van der Waals surface area contributed by atoms with Crippen LogP contribution < -0.4 is 9.05 Å². The van der Waals surface area contributed by atoms with Gasteiger partial charge in [0.05, 0.1) is 0 Å². The van der Waals surface area contributed by atoms with Gasteiger partial charge in [-0.3, -0.25) is 0 Å². The minimum atomic E-state index is -2.29. The largest absolute Gasteiger partial charge is 0.805 e.